The fourth-order valence-electron chi connectivity index (χ4n) is 1.72. The zero-order chi connectivity index (χ0) is 8.48. The van der Waals surface area contributed by atoms with Gasteiger partial charge in [-0.1, -0.05) is 36.7 Å². The van der Waals surface area contributed by atoms with Crippen molar-refractivity contribution in [1.82, 2.24) is 0 Å². The van der Waals surface area contributed by atoms with Crippen LogP contribution < -0.4 is 0 Å². The molecule has 2 unspecified atom stereocenters. The van der Waals surface area contributed by atoms with E-state index in [0.29, 0.717) is 9.57 Å². The van der Waals surface area contributed by atoms with Crippen LogP contribution in [0.1, 0.15) is 33.6 Å². The minimum absolute atomic E-state index is 0.530. The third-order valence-corrected chi connectivity index (χ3v) is 4.42. The van der Waals surface area contributed by atoms with Crippen molar-refractivity contribution in [3.8, 4) is 0 Å². The van der Waals surface area contributed by atoms with Gasteiger partial charge in [-0.05, 0) is 24.5 Å². The lowest BCUT2D eigenvalue weighted by molar-refractivity contribution is 0.408. The van der Waals surface area contributed by atoms with E-state index in [2.05, 4.69) is 48.5 Å². The highest BCUT2D eigenvalue weighted by atomic mass is 79.9. The van der Waals surface area contributed by atoms with E-state index >= 15 is 0 Å². The first-order valence-electron chi connectivity index (χ1n) is 4.30. The van der Waals surface area contributed by atoms with Crippen molar-refractivity contribution in [3.63, 3.8) is 0 Å². The Morgan fingerprint density at radius 3 is 2.64 bits per heavy atom. The Balaban J connectivity index is 2.45. The van der Waals surface area contributed by atoms with Gasteiger partial charge in [-0.3, -0.25) is 0 Å². The molecule has 2 heteroatoms. The van der Waals surface area contributed by atoms with Crippen molar-refractivity contribution in [1.29, 1.82) is 0 Å². The molecule has 1 fully saturated rings. The van der Waals surface area contributed by atoms with Gasteiger partial charge in [0.15, 0.2) is 0 Å². The maximum absolute atomic E-state index is 3.63. The summed E-state index contributed by atoms with van der Waals surface area (Å²) in [5.41, 5.74) is 0. The summed E-state index contributed by atoms with van der Waals surface area (Å²) in [6.45, 7) is 7.01. The van der Waals surface area contributed by atoms with Gasteiger partial charge in [0.25, 0.3) is 0 Å². The molecule has 2 atom stereocenters. The molecule has 1 rings (SSSR count). The Morgan fingerprint density at radius 1 is 1.64 bits per heavy atom. The molecule has 11 heavy (non-hydrogen) atoms. The van der Waals surface area contributed by atoms with Crippen LogP contribution >= 0.6 is 27.7 Å². The molecule has 0 aliphatic carbocycles. The highest BCUT2D eigenvalue weighted by Gasteiger charge is 2.35. The lowest BCUT2D eigenvalue weighted by Gasteiger charge is -2.26. The summed E-state index contributed by atoms with van der Waals surface area (Å²) in [5, 5.41) is 0. The normalized spacial score (nSPS) is 32.2. The summed E-state index contributed by atoms with van der Waals surface area (Å²) in [7, 11) is 0. The molecule has 1 aliphatic heterocycles. The van der Waals surface area contributed by atoms with Crippen LogP contribution in [0.3, 0.4) is 0 Å². The van der Waals surface area contributed by atoms with E-state index in [1.165, 1.54) is 18.6 Å². The zero-order valence-electron chi connectivity index (χ0n) is 7.56. The first-order valence-corrected chi connectivity index (χ1v) is 6.20. The molecule has 0 aromatic carbocycles. The van der Waals surface area contributed by atoms with Crippen LogP contribution in [0.5, 0.6) is 0 Å². The van der Waals surface area contributed by atoms with Crippen molar-refractivity contribution in [2.45, 2.75) is 43.2 Å². The van der Waals surface area contributed by atoms with Gasteiger partial charge in [-0.2, -0.15) is 11.8 Å². The second-order valence-corrected chi connectivity index (χ2v) is 7.27. The molecular weight excluding hydrogens is 220 g/mol. The van der Waals surface area contributed by atoms with E-state index in [9.17, 15) is 0 Å². The second kappa shape index (κ2) is 3.69. The minimum atomic E-state index is 0.530. The standard InChI is InChI=1S/C9H17BrS/c1-7(10)6-8-4-5-11-9(8,2)3/h7-8H,4-6H2,1-3H3. The molecule has 0 N–H and O–H groups in total. The Bertz CT molecular complexity index is 132. The monoisotopic (exact) mass is 236 g/mol. The molecule has 0 aromatic rings. The highest BCUT2D eigenvalue weighted by molar-refractivity contribution is 9.09. The average Bonchev–Trinajstić information content (AvgIpc) is 2.10. The van der Waals surface area contributed by atoms with Crippen LogP contribution in [-0.4, -0.2) is 15.3 Å². The predicted molar refractivity (Wildman–Crippen MR) is 57.7 cm³/mol. The van der Waals surface area contributed by atoms with E-state index in [0.717, 1.165) is 5.92 Å². The summed E-state index contributed by atoms with van der Waals surface area (Å²) in [5.74, 6) is 2.28. The molecule has 0 amide bonds. The molecule has 66 valence electrons. The molecule has 1 aliphatic rings. The smallest absolute Gasteiger partial charge is 0.0132 e. The SMILES string of the molecule is CC(Br)CC1CCSC1(C)C. The van der Waals surface area contributed by atoms with Crippen molar-refractivity contribution in [2.75, 3.05) is 5.75 Å². The zero-order valence-corrected chi connectivity index (χ0v) is 9.96. The molecule has 1 saturated heterocycles. The Kier molecular flexibility index (Phi) is 3.33. The number of alkyl halides is 1. The third-order valence-electron chi connectivity index (χ3n) is 2.53. The summed E-state index contributed by atoms with van der Waals surface area (Å²) in [6, 6.07) is 0. The van der Waals surface area contributed by atoms with Crippen LogP contribution in [0.15, 0.2) is 0 Å². The van der Waals surface area contributed by atoms with E-state index in [4.69, 9.17) is 0 Å². The van der Waals surface area contributed by atoms with Crippen molar-refractivity contribution >= 4 is 27.7 Å². The third kappa shape index (κ3) is 2.66. The van der Waals surface area contributed by atoms with Crippen molar-refractivity contribution in [2.24, 2.45) is 5.92 Å². The van der Waals surface area contributed by atoms with Gasteiger partial charge in [0.1, 0.15) is 0 Å². The topological polar surface area (TPSA) is 0 Å². The maximum atomic E-state index is 3.63. The van der Waals surface area contributed by atoms with Crippen LogP contribution in [0.4, 0.5) is 0 Å². The maximum Gasteiger partial charge on any atom is 0.0132 e. The Labute approximate surface area is 82.6 Å². The molecule has 0 spiro atoms. The van der Waals surface area contributed by atoms with E-state index in [-0.39, 0.29) is 0 Å². The summed E-state index contributed by atoms with van der Waals surface area (Å²) < 4.78 is 0.530. The molecule has 1 heterocycles. The van der Waals surface area contributed by atoms with Gasteiger partial charge in [-0.25, -0.2) is 0 Å². The van der Waals surface area contributed by atoms with E-state index < -0.39 is 0 Å². The van der Waals surface area contributed by atoms with Gasteiger partial charge in [0.2, 0.25) is 0 Å². The number of halogens is 1. The van der Waals surface area contributed by atoms with E-state index in [1.807, 2.05) is 0 Å². The van der Waals surface area contributed by atoms with Gasteiger partial charge >= 0.3 is 0 Å². The first-order chi connectivity index (χ1) is 5.02. The van der Waals surface area contributed by atoms with Crippen LogP contribution in [-0.2, 0) is 0 Å². The average molecular weight is 237 g/mol. The fraction of sp³-hybridized carbons (Fsp3) is 1.00. The van der Waals surface area contributed by atoms with Crippen molar-refractivity contribution < 1.29 is 0 Å². The number of thioether (sulfide) groups is 1. The summed E-state index contributed by atoms with van der Waals surface area (Å²) in [6.07, 6.45) is 2.74. The predicted octanol–water partition coefficient (Wildman–Crippen LogP) is 3.69. The van der Waals surface area contributed by atoms with Gasteiger partial charge in [0.05, 0.1) is 0 Å². The van der Waals surface area contributed by atoms with Gasteiger partial charge in [0, 0.05) is 9.57 Å². The van der Waals surface area contributed by atoms with Gasteiger partial charge in [-0.15, -0.1) is 0 Å². The number of rotatable bonds is 2. The molecule has 0 radical (unpaired) electrons. The number of hydrogen-bond donors (Lipinski definition) is 0. The molecule has 0 bridgehead atoms. The van der Waals surface area contributed by atoms with Crippen molar-refractivity contribution in [3.05, 3.63) is 0 Å². The largest absolute Gasteiger partial charge is 0.155 e. The molecule has 0 saturated carbocycles. The second-order valence-electron chi connectivity index (χ2n) is 3.95. The molecular formula is C9H17BrS. The van der Waals surface area contributed by atoms with Gasteiger partial charge < -0.3 is 0 Å². The lowest BCUT2D eigenvalue weighted by atomic mass is 9.89. The van der Waals surface area contributed by atoms with Crippen LogP contribution in [0, 0.1) is 5.92 Å². The Hall–Kier alpha value is 0.830. The quantitative estimate of drug-likeness (QED) is 0.660. The molecule has 0 aromatic heterocycles. The fourth-order valence-corrected chi connectivity index (χ4v) is 3.55. The van der Waals surface area contributed by atoms with Crippen LogP contribution in [0.25, 0.3) is 0 Å². The first kappa shape index (κ1) is 9.91. The van der Waals surface area contributed by atoms with E-state index in [1.54, 1.807) is 0 Å². The number of hydrogen-bond acceptors (Lipinski definition) is 1. The summed E-state index contributed by atoms with van der Waals surface area (Å²) >= 11 is 5.76. The Morgan fingerprint density at radius 2 is 2.27 bits per heavy atom. The lowest BCUT2D eigenvalue weighted by Crippen LogP contribution is -2.23. The summed E-state index contributed by atoms with van der Waals surface area (Å²) in [4.78, 5) is 0.686. The highest BCUT2D eigenvalue weighted by Crippen LogP contribution is 2.44. The van der Waals surface area contributed by atoms with Crippen LogP contribution in [0.2, 0.25) is 0 Å². The molecule has 0 nitrogen and oxygen atoms in total. The minimum Gasteiger partial charge on any atom is -0.155 e.